The summed E-state index contributed by atoms with van der Waals surface area (Å²) in [7, 11) is 1.90. The molecule has 0 amide bonds. The van der Waals surface area contributed by atoms with Crippen molar-refractivity contribution in [3.8, 4) is 6.07 Å². The summed E-state index contributed by atoms with van der Waals surface area (Å²) < 4.78 is 38.4. The maximum absolute atomic E-state index is 12.8. The van der Waals surface area contributed by atoms with Crippen molar-refractivity contribution < 1.29 is 13.2 Å². The largest absolute Gasteiger partial charge is 0.433 e. The molecule has 0 saturated carbocycles. The summed E-state index contributed by atoms with van der Waals surface area (Å²) >= 11 is 0. The van der Waals surface area contributed by atoms with Gasteiger partial charge in [-0.25, -0.2) is 4.98 Å². The molecule has 0 unspecified atom stereocenters. The molecule has 1 aromatic rings. The summed E-state index contributed by atoms with van der Waals surface area (Å²) in [6.45, 7) is 2.21. The molecule has 120 valence electrons. The number of anilines is 1. The molecule has 0 bridgehead atoms. The van der Waals surface area contributed by atoms with Gasteiger partial charge in [-0.2, -0.15) is 18.4 Å². The molecular formula is C15H19F3N4. The van der Waals surface area contributed by atoms with Crippen LogP contribution in [-0.4, -0.2) is 31.7 Å². The molecule has 2 heterocycles. The third kappa shape index (κ3) is 3.89. The number of aromatic nitrogens is 1. The highest BCUT2D eigenvalue weighted by Crippen LogP contribution is 2.32. The molecule has 22 heavy (non-hydrogen) atoms. The monoisotopic (exact) mass is 312 g/mol. The normalized spacial score (nSPS) is 16.6. The van der Waals surface area contributed by atoms with Crippen LogP contribution >= 0.6 is 0 Å². The van der Waals surface area contributed by atoms with Gasteiger partial charge in [0.1, 0.15) is 17.6 Å². The van der Waals surface area contributed by atoms with E-state index in [1.54, 1.807) is 4.90 Å². The van der Waals surface area contributed by atoms with Gasteiger partial charge in [-0.05, 0) is 50.9 Å². The van der Waals surface area contributed by atoms with Crippen LogP contribution in [0.25, 0.3) is 0 Å². The molecule has 0 atom stereocenters. The SMILES string of the molecule is CNCCC1CCN(c2nc(C(F)(F)F)ccc2C#N)CC1. The van der Waals surface area contributed by atoms with Crippen LogP contribution in [0.1, 0.15) is 30.5 Å². The van der Waals surface area contributed by atoms with E-state index in [0.717, 1.165) is 31.9 Å². The standard InChI is InChI=1S/C15H19F3N4/c1-20-7-4-11-5-8-22(9-6-11)14-12(10-19)2-3-13(21-14)15(16,17)18/h2-3,11,20H,4-9H2,1H3. The predicted octanol–water partition coefficient (Wildman–Crippen LogP) is 2.80. The fraction of sp³-hybridized carbons (Fsp3) is 0.600. The topological polar surface area (TPSA) is 52.0 Å². The number of hydrogen-bond acceptors (Lipinski definition) is 4. The first-order valence-electron chi connectivity index (χ1n) is 7.33. The summed E-state index contributed by atoms with van der Waals surface area (Å²) in [4.78, 5) is 5.49. The van der Waals surface area contributed by atoms with Crippen molar-refractivity contribution >= 4 is 5.82 Å². The Kier molecular flexibility index (Phi) is 5.24. The average molecular weight is 312 g/mol. The number of nitrogens with one attached hydrogen (secondary N) is 1. The van der Waals surface area contributed by atoms with Crippen LogP contribution in [0, 0.1) is 17.2 Å². The second-order valence-electron chi connectivity index (χ2n) is 5.50. The zero-order valence-corrected chi connectivity index (χ0v) is 12.5. The van der Waals surface area contributed by atoms with Crippen LogP contribution in [0.3, 0.4) is 0 Å². The fourth-order valence-electron chi connectivity index (χ4n) is 2.72. The van der Waals surface area contributed by atoms with Crippen molar-refractivity contribution in [2.45, 2.75) is 25.4 Å². The maximum atomic E-state index is 12.8. The Morgan fingerprint density at radius 1 is 1.36 bits per heavy atom. The van der Waals surface area contributed by atoms with Gasteiger partial charge in [-0.1, -0.05) is 0 Å². The van der Waals surface area contributed by atoms with E-state index < -0.39 is 11.9 Å². The van der Waals surface area contributed by atoms with Gasteiger partial charge >= 0.3 is 6.18 Å². The van der Waals surface area contributed by atoms with E-state index in [-0.39, 0.29) is 11.4 Å². The molecule has 1 aromatic heterocycles. The lowest BCUT2D eigenvalue weighted by Crippen LogP contribution is -2.35. The molecule has 1 fully saturated rings. The van der Waals surface area contributed by atoms with Crippen LogP contribution in [0.5, 0.6) is 0 Å². The van der Waals surface area contributed by atoms with Gasteiger partial charge in [0.15, 0.2) is 0 Å². The average Bonchev–Trinajstić information content (AvgIpc) is 2.52. The quantitative estimate of drug-likeness (QED) is 0.929. The van der Waals surface area contributed by atoms with E-state index in [1.165, 1.54) is 6.07 Å². The minimum absolute atomic E-state index is 0.157. The highest BCUT2D eigenvalue weighted by molar-refractivity contribution is 5.54. The molecule has 1 N–H and O–H groups in total. The number of hydrogen-bond donors (Lipinski definition) is 1. The van der Waals surface area contributed by atoms with E-state index in [1.807, 2.05) is 13.1 Å². The number of piperidine rings is 1. The third-order valence-electron chi connectivity index (χ3n) is 4.00. The second-order valence-corrected chi connectivity index (χ2v) is 5.50. The molecular weight excluding hydrogens is 293 g/mol. The van der Waals surface area contributed by atoms with Gasteiger partial charge in [-0.15, -0.1) is 0 Å². The number of halogens is 3. The summed E-state index contributed by atoms with van der Waals surface area (Å²) in [5.41, 5.74) is -0.750. The molecule has 0 aliphatic carbocycles. The van der Waals surface area contributed by atoms with E-state index in [9.17, 15) is 13.2 Å². The Morgan fingerprint density at radius 2 is 2.05 bits per heavy atom. The summed E-state index contributed by atoms with van der Waals surface area (Å²) in [5, 5.41) is 12.2. The van der Waals surface area contributed by atoms with E-state index >= 15 is 0 Å². The Hall–Kier alpha value is -1.81. The van der Waals surface area contributed by atoms with Gasteiger partial charge in [0, 0.05) is 13.1 Å². The molecule has 0 spiro atoms. The Balaban J connectivity index is 2.14. The van der Waals surface area contributed by atoms with E-state index in [2.05, 4.69) is 10.3 Å². The summed E-state index contributed by atoms with van der Waals surface area (Å²) in [6, 6.07) is 4.00. The number of rotatable bonds is 4. The first-order chi connectivity index (χ1) is 10.5. The zero-order valence-electron chi connectivity index (χ0n) is 12.5. The first-order valence-corrected chi connectivity index (χ1v) is 7.33. The van der Waals surface area contributed by atoms with Crippen LogP contribution in [0.2, 0.25) is 0 Å². The molecule has 1 aliphatic heterocycles. The first kappa shape index (κ1) is 16.6. The molecule has 2 rings (SSSR count). The smallest absolute Gasteiger partial charge is 0.355 e. The number of alkyl halides is 3. The third-order valence-corrected chi connectivity index (χ3v) is 4.00. The Morgan fingerprint density at radius 3 is 2.59 bits per heavy atom. The summed E-state index contributed by atoms with van der Waals surface area (Å²) in [5.74, 6) is 0.726. The second kappa shape index (κ2) is 6.97. The molecule has 1 saturated heterocycles. The lowest BCUT2D eigenvalue weighted by Gasteiger charge is -2.33. The fourth-order valence-corrected chi connectivity index (χ4v) is 2.72. The molecule has 0 aromatic carbocycles. The highest BCUT2D eigenvalue weighted by atomic mass is 19.4. The van der Waals surface area contributed by atoms with Crippen molar-refractivity contribution in [3.05, 3.63) is 23.4 Å². The van der Waals surface area contributed by atoms with Crippen molar-refractivity contribution in [1.29, 1.82) is 5.26 Å². The van der Waals surface area contributed by atoms with Gasteiger partial charge in [0.05, 0.1) is 5.56 Å². The minimum Gasteiger partial charge on any atom is -0.355 e. The predicted molar refractivity (Wildman–Crippen MR) is 77.4 cm³/mol. The number of nitriles is 1. The van der Waals surface area contributed by atoms with Crippen molar-refractivity contribution in [2.75, 3.05) is 31.6 Å². The van der Waals surface area contributed by atoms with Crippen molar-refractivity contribution in [1.82, 2.24) is 10.3 Å². The Labute approximate surface area is 127 Å². The van der Waals surface area contributed by atoms with E-state index in [0.29, 0.717) is 19.0 Å². The van der Waals surface area contributed by atoms with Gasteiger partial charge in [-0.3, -0.25) is 0 Å². The van der Waals surface area contributed by atoms with Crippen LogP contribution < -0.4 is 10.2 Å². The van der Waals surface area contributed by atoms with Gasteiger partial charge in [0.2, 0.25) is 0 Å². The maximum Gasteiger partial charge on any atom is 0.433 e. The zero-order chi connectivity index (χ0) is 16.2. The minimum atomic E-state index is -4.49. The molecule has 0 radical (unpaired) electrons. The number of nitrogens with zero attached hydrogens (tertiary/aromatic N) is 3. The van der Waals surface area contributed by atoms with E-state index in [4.69, 9.17) is 5.26 Å². The highest BCUT2D eigenvalue weighted by Gasteiger charge is 2.34. The lowest BCUT2D eigenvalue weighted by molar-refractivity contribution is -0.141. The summed E-state index contributed by atoms with van der Waals surface area (Å²) in [6.07, 6.45) is -1.62. The van der Waals surface area contributed by atoms with Crippen LogP contribution in [-0.2, 0) is 6.18 Å². The van der Waals surface area contributed by atoms with Gasteiger partial charge in [0.25, 0.3) is 0 Å². The molecule has 4 nitrogen and oxygen atoms in total. The Bertz CT molecular complexity index is 543. The molecule has 1 aliphatic rings. The van der Waals surface area contributed by atoms with Crippen molar-refractivity contribution in [2.24, 2.45) is 5.92 Å². The number of pyridine rings is 1. The lowest BCUT2D eigenvalue weighted by atomic mass is 9.93. The van der Waals surface area contributed by atoms with Crippen LogP contribution in [0.15, 0.2) is 12.1 Å². The van der Waals surface area contributed by atoms with Gasteiger partial charge < -0.3 is 10.2 Å². The van der Waals surface area contributed by atoms with Crippen LogP contribution in [0.4, 0.5) is 19.0 Å². The van der Waals surface area contributed by atoms with Crippen molar-refractivity contribution in [3.63, 3.8) is 0 Å². The molecule has 7 heteroatoms.